The van der Waals surface area contributed by atoms with Crippen molar-refractivity contribution in [3.63, 3.8) is 0 Å². The fraction of sp³-hybridized carbons (Fsp3) is 0.200. The molecule has 1 aromatic rings. The van der Waals surface area contributed by atoms with Gasteiger partial charge in [0, 0.05) is 5.56 Å². The number of aliphatic carboxylic acids is 1. The number of Topliss-reactive ketones (excluding diaryl/α,β-unsaturated/α-hetero) is 1. The molecule has 0 radical (unpaired) electrons. The standard InChI is InChI=1S/C10H5F3O5/c11-10(12,13)5-2-7-6(17-3-18-7)1-4(5)8(14)9(15)16/h1-2H,3H2,(H,15,16). The van der Waals surface area contributed by atoms with E-state index in [2.05, 4.69) is 0 Å². The molecule has 0 aromatic heterocycles. The third kappa shape index (κ3) is 1.96. The number of ether oxygens (including phenoxy) is 2. The summed E-state index contributed by atoms with van der Waals surface area (Å²) in [6.45, 7) is -0.280. The summed E-state index contributed by atoms with van der Waals surface area (Å²) in [7, 11) is 0. The van der Waals surface area contributed by atoms with Gasteiger partial charge in [0.05, 0.1) is 5.56 Å². The van der Waals surface area contributed by atoms with E-state index < -0.39 is 29.1 Å². The summed E-state index contributed by atoms with van der Waals surface area (Å²) in [5.74, 6) is -3.89. The minimum atomic E-state index is -4.86. The van der Waals surface area contributed by atoms with Crippen molar-refractivity contribution in [2.45, 2.75) is 6.18 Å². The van der Waals surface area contributed by atoms with Crippen LogP contribution in [0.1, 0.15) is 15.9 Å². The van der Waals surface area contributed by atoms with Crippen molar-refractivity contribution in [2.75, 3.05) is 6.79 Å². The van der Waals surface area contributed by atoms with Crippen LogP contribution in [0.4, 0.5) is 13.2 Å². The van der Waals surface area contributed by atoms with Gasteiger partial charge in [0.25, 0.3) is 5.78 Å². The molecule has 1 heterocycles. The number of halogens is 3. The summed E-state index contributed by atoms with van der Waals surface area (Å²) in [6.07, 6.45) is -4.86. The molecular formula is C10H5F3O5. The van der Waals surface area contributed by atoms with E-state index in [4.69, 9.17) is 14.6 Å². The number of rotatable bonds is 2. The summed E-state index contributed by atoms with van der Waals surface area (Å²) < 4.78 is 47.6. The molecule has 1 aliphatic rings. The van der Waals surface area contributed by atoms with E-state index >= 15 is 0 Å². The number of carbonyl (C=O) groups excluding carboxylic acids is 1. The molecule has 0 unspecified atom stereocenters. The highest BCUT2D eigenvalue weighted by Crippen LogP contribution is 2.41. The van der Waals surface area contributed by atoms with E-state index in [9.17, 15) is 22.8 Å². The molecule has 0 bridgehead atoms. The molecule has 1 aliphatic heterocycles. The molecule has 0 spiro atoms. The van der Waals surface area contributed by atoms with Crippen molar-refractivity contribution in [1.29, 1.82) is 0 Å². The number of hydrogen-bond donors (Lipinski definition) is 1. The fourth-order valence-corrected chi connectivity index (χ4v) is 1.48. The van der Waals surface area contributed by atoms with Gasteiger partial charge in [-0.3, -0.25) is 4.79 Å². The van der Waals surface area contributed by atoms with Crippen molar-refractivity contribution in [1.82, 2.24) is 0 Å². The van der Waals surface area contributed by atoms with Gasteiger partial charge in [-0.05, 0) is 12.1 Å². The Hall–Kier alpha value is -2.25. The smallest absolute Gasteiger partial charge is 0.417 e. The van der Waals surface area contributed by atoms with Crippen molar-refractivity contribution in [3.05, 3.63) is 23.3 Å². The third-order valence-corrected chi connectivity index (χ3v) is 2.26. The maximum atomic E-state index is 12.7. The van der Waals surface area contributed by atoms with E-state index in [0.717, 1.165) is 6.07 Å². The lowest BCUT2D eigenvalue weighted by atomic mass is 10.0. The van der Waals surface area contributed by atoms with Gasteiger partial charge < -0.3 is 14.6 Å². The molecular weight excluding hydrogens is 257 g/mol. The molecule has 0 fully saturated rings. The van der Waals surface area contributed by atoms with Crippen molar-refractivity contribution in [3.8, 4) is 11.5 Å². The Kier molecular flexibility index (Phi) is 2.64. The zero-order valence-corrected chi connectivity index (χ0v) is 8.58. The number of carbonyl (C=O) groups is 2. The van der Waals surface area contributed by atoms with Gasteiger partial charge in [-0.1, -0.05) is 0 Å². The molecule has 1 aromatic carbocycles. The average Bonchev–Trinajstić information content (AvgIpc) is 2.71. The van der Waals surface area contributed by atoms with E-state index in [1.54, 1.807) is 0 Å². The SMILES string of the molecule is O=C(O)C(=O)c1cc2c(cc1C(F)(F)F)OCO2. The first-order valence-corrected chi connectivity index (χ1v) is 4.59. The zero-order chi connectivity index (χ0) is 13.5. The topological polar surface area (TPSA) is 72.8 Å². The summed E-state index contributed by atoms with van der Waals surface area (Å²) in [5, 5.41) is 8.49. The van der Waals surface area contributed by atoms with E-state index in [-0.39, 0.29) is 18.3 Å². The predicted octanol–water partition coefficient (Wildman–Crippen LogP) is 1.70. The minimum absolute atomic E-state index is 0.0902. The first kappa shape index (κ1) is 12.2. The number of ketones is 1. The van der Waals surface area contributed by atoms with Gasteiger partial charge in [0.2, 0.25) is 6.79 Å². The van der Waals surface area contributed by atoms with E-state index in [1.165, 1.54) is 0 Å². The van der Waals surface area contributed by atoms with Crippen molar-refractivity contribution >= 4 is 11.8 Å². The monoisotopic (exact) mass is 262 g/mol. The highest BCUT2D eigenvalue weighted by atomic mass is 19.4. The molecule has 0 saturated carbocycles. The summed E-state index contributed by atoms with van der Waals surface area (Å²) in [4.78, 5) is 21.7. The van der Waals surface area contributed by atoms with Crippen LogP contribution in [0.15, 0.2) is 12.1 Å². The number of carboxylic acids is 1. The first-order chi connectivity index (χ1) is 8.30. The number of hydrogen-bond acceptors (Lipinski definition) is 4. The highest BCUT2D eigenvalue weighted by Gasteiger charge is 2.38. The Morgan fingerprint density at radius 1 is 1.17 bits per heavy atom. The third-order valence-electron chi connectivity index (χ3n) is 2.26. The van der Waals surface area contributed by atoms with Crippen LogP contribution in [0.25, 0.3) is 0 Å². The molecule has 2 rings (SSSR count). The second-order valence-corrected chi connectivity index (χ2v) is 3.38. The van der Waals surface area contributed by atoms with Crippen LogP contribution < -0.4 is 9.47 Å². The Labute approximate surface area is 97.7 Å². The molecule has 1 N–H and O–H groups in total. The molecule has 8 heteroatoms. The summed E-state index contributed by atoms with van der Waals surface area (Å²) in [5.41, 5.74) is -2.33. The normalized spacial score (nSPS) is 13.5. The Morgan fingerprint density at radius 2 is 1.72 bits per heavy atom. The van der Waals surface area contributed by atoms with Gasteiger partial charge >= 0.3 is 12.1 Å². The van der Waals surface area contributed by atoms with Crippen LogP contribution in [0.5, 0.6) is 11.5 Å². The van der Waals surface area contributed by atoms with Crippen LogP contribution >= 0.6 is 0 Å². The fourth-order valence-electron chi connectivity index (χ4n) is 1.48. The van der Waals surface area contributed by atoms with Gasteiger partial charge in [0.1, 0.15) is 0 Å². The predicted molar refractivity (Wildman–Crippen MR) is 49.5 cm³/mol. The molecule has 0 atom stereocenters. The van der Waals surface area contributed by atoms with Crippen LogP contribution in [-0.2, 0) is 11.0 Å². The Bertz CT molecular complexity index is 535. The highest BCUT2D eigenvalue weighted by molar-refractivity contribution is 6.40. The van der Waals surface area contributed by atoms with Gasteiger partial charge in [-0.2, -0.15) is 13.2 Å². The molecule has 0 aliphatic carbocycles. The lowest BCUT2D eigenvalue weighted by molar-refractivity contribution is -0.138. The number of benzene rings is 1. The lowest BCUT2D eigenvalue weighted by Crippen LogP contribution is -2.19. The summed E-state index contributed by atoms with van der Waals surface area (Å²) in [6, 6.07) is 1.28. The maximum Gasteiger partial charge on any atom is 0.417 e. The van der Waals surface area contributed by atoms with Crippen LogP contribution in [0, 0.1) is 0 Å². The Balaban J connectivity index is 2.63. The van der Waals surface area contributed by atoms with Crippen LogP contribution in [0.2, 0.25) is 0 Å². The van der Waals surface area contributed by atoms with Crippen molar-refractivity contribution < 1.29 is 37.3 Å². The summed E-state index contributed by atoms with van der Waals surface area (Å²) >= 11 is 0. The second-order valence-electron chi connectivity index (χ2n) is 3.38. The average molecular weight is 262 g/mol. The number of fused-ring (bicyclic) bond motifs is 1. The quantitative estimate of drug-likeness (QED) is 0.648. The van der Waals surface area contributed by atoms with Crippen LogP contribution in [0.3, 0.4) is 0 Å². The number of alkyl halides is 3. The maximum absolute atomic E-state index is 12.7. The van der Waals surface area contributed by atoms with Crippen LogP contribution in [-0.4, -0.2) is 23.7 Å². The zero-order valence-electron chi connectivity index (χ0n) is 8.58. The molecule has 5 nitrogen and oxygen atoms in total. The van der Waals surface area contributed by atoms with E-state index in [1.807, 2.05) is 0 Å². The van der Waals surface area contributed by atoms with E-state index in [0.29, 0.717) is 6.07 Å². The lowest BCUT2D eigenvalue weighted by Gasteiger charge is -2.11. The number of carboxylic acid groups (broad SMARTS) is 1. The largest absolute Gasteiger partial charge is 0.475 e. The van der Waals surface area contributed by atoms with Crippen molar-refractivity contribution in [2.24, 2.45) is 0 Å². The minimum Gasteiger partial charge on any atom is -0.475 e. The molecule has 0 saturated heterocycles. The second kappa shape index (κ2) is 3.90. The van der Waals surface area contributed by atoms with Gasteiger partial charge in [0.15, 0.2) is 11.5 Å². The van der Waals surface area contributed by atoms with Gasteiger partial charge in [-0.15, -0.1) is 0 Å². The molecule has 96 valence electrons. The Morgan fingerprint density at radius 3 is 2.22 bits per heavy atom. The molecule has 0 amide bonds. The van der Waals surface area contributed by atoms with Gasteiger partial charge in [-0.25, -0.2) is 4.79 Å². The molecule has 18 heavy (non-hydrogen) atoms. The first-order valence-electron chi connectivity index (χ1n) is 4.59.